The van der Waals surface area contributed by atoms with Crippen LogP contribution in [0.3, 0.4) is 0 Å². The third kappa shape index (κ3) is 3.18. The Hall–Kier alpha value is -1.12. The van der Waals surface area contributed by atoms with Crippen LogP contribution in [0, 0.1) is 12.8 Å². The molecular weight excluding hydrogens is 188 g/mol. The van der Waals surface area contributed by atoms with Crippen molar-refractivity contribution in [1.82, 2.24) is 9.78 Å². The molecule has 1 heterocycles. The highest BCUT2D eigenvalue weighted by atomic mass is 16.1. The van der Waals surface area contributed by atoms with Crippen LogP contribution >= 0.6 is 0 Å². The number of hydrogen-bond acceptors (Lipinski definition) is 2. The number of hydrogen-bond donors (Lipinski definition) is 0. The minimum atomic E-state index is 0.223. The van der Waals surface area contributed by atoms with Gasteiger partial charge in [-0.05, 0) is 19.3 Å². The molecule has 0 saturated carbocycles. The van der Waals surface area contributed by atoms with Crippen molar-refractivity contribution >= 4 is 5.78 Å². The van der Waals surface area contributed by atoms with E-state index >= 15 is 0 Å². The predicted molar refractivity (Wildman–Crippen MR) is 61.0 cm³/mol. The molecule has 0 unspecified atom stereocenters. The van der Waals surface area contributed by atoms with Gasteiger partial charge in [0.15, 0.2) is 5.78 Å². The number of carbonyl (C=O) groups excluding carboxylic acids is 1. The first-order valence-corrected chi connectivity index (χ1v) is 5.54. The van der Waals surface area contributed by atoms with Crippen molar-refractivity contribution in [3.05, 3.63) is 17.5 Å². The van der Waals surface area contributed by atoms with E-state index in [0.717, 1.165) is 24.1 Å². The summed E-state index contributed by atoms with van der Waals surface area (Å²) in [7, 11) is 1.86. The molecule has 0 aliphatic carbocycles. The van der Waals surface area contributed by atoms with E-state index in [-0.39, 0.29) is 5.78 Å². The van der Waals surface area contributed by atoms with Gasteiger partial charge in [0.25, 0.3) is 0 Å². The molecule has 15 heavy (non-hydrogen) atoms. The van der Waals surface area contributed by atoms with Gasteiger partial charge in [0, 0.05) is 19.2 Å². The molecule has 0 saturated heterocycles. The highest BCUT2D eigenvalue weighted by Gasteiger charge is 2.12. The zero-order valence-corrected chi connectivity index (χ0v) is 10.1. The number of nitrogens with zero attached hydrogens (tertiary/aromatic N) is 2. The average molecular weight is 208 g/mol. The van der Waals surface area contributed by atoms with E-state index in [1.54, 1.807) is 10.9 Å². The maximum absolute atomic E-state index is 11.8. The number of ketones is 1. The van der Waals surface area contributed by atoms with Crippen molar-refractivity contribution in [3.8, 4) is 0 Å². The molecule has 0 amide bonds. The van der Waals surface area contributed by atoms with Gasteiger partial charge in [-0.25, -0.2) is 0 Å². The van der Waals surface area contributed by atoms with Crippen LogP contribution in [-0.4, -0.2) is 15.6 Å². The van der Waals surface area contributed by atoms with Crippen LogP contribution in [0.4, 0.5) is 0 Å². The van der Waals surface area contributed by atoms with Gasteiger partial charge in [-0.2, -0.15) is 5.10 Å². The first-order chi connectivity index (χ1) is 7.02. The monoisotopic (exact) mass is 208 g/mol. The Kier molecular flexibility index (Phi) is 4.06. The summed E-state index contributed by atoms with van der Waals surface area (Å²) in [6.07, 6.45) is 4.41. The molecule has 0 spiro atoms. The molecule has 0 fully saturated rings. The van der Waals surface area contributed by atoms with Gasteiger partial charge in [-0.1, -0.05) is 20.3 Å². The number of Topliss-reactive ketones (excluding diaryl/α,β-unsaturated/α-hetero) is 1. The molecule has 0 radical (unpaired) electrons. The third-order valence-electron chi connectivity index (χ3n) is 2.72. The van der Waals surface area contributed by atoms with Crippen molar-refractivity contribution in [3.63, 3.8) is 0 Å². The largest absolute Gasteiger partial charge is 0.294 e. The average Bonchev–Trinajstić information content (AvgIpc) is 2.47. The molecule has 0 atom stereocenters. The number of carbonyl (C=O) groups is 1. The first kappa shape index (κ1) is 12.0. The summed E-state index contributed by atoms with van der Waals surface area (Å²) in [5.74, 6) is 0.897. The van der Waals surface area contributed by atoms with Gasteiger partial charge >= 0.3 is 0 Å². The molecule has 1 rings (SSSR count). The van der Waals surface area contributed by atoms with Crippen molar-refractivity contribution < 1.29 is 4.79 Å². The van der Waals surface area contributed by atoms with Crippen LogP contribution in [0.5, 0.6) is 0 Å². The summed E-state index contributed by atoms with van der Waals surface area (Å²) < 4.78 is 1.75. The van der Waals surface area contributed by atoms with Gasteiger partial charge in [0.1, 0.15) is 0 Å². The Morgan fingerprint density at radius 2 is 2.20 bits per heavy atom. The molecular formula is C12H20N2O. The summed E-state index contributed by atoms with van der Waals surface area (Å²) in [4.78, 5) is 11.8. The molecule has 3 nitrogen and oxygen atoms in total. The van der Waals surface area contributed by atoms with E-state index in [1.165, 1.54) is 0 Å². The van der Waals surface area contributed by atoms with Crippen molar-refractivity contribution in [2.75, 3.05) is 0 Å². The Labute approximate surface area is 91.5 Å². The lowest BCUT2D eigenvalue weighted by Crippen LogP contribution is -2.02. The zero-order valence-electron chi connectivity index (χ0n) is 10.1. The van der Waals surface area contributed by atoms with Gasteiger partial charge in [-0.15, -0.1) is 0 Å². The van der Waals surface area contributed by atoms with E-state index in [9.17, 15) is 4.79 Å². The summed E-state index contributed by atoms with van der Waals surface area (Å²) in [6, 6.07) is 0. The summed E-state index contributed by atoms with van der Waals surface area (Å²) in [6.45, 7) is 6.29. The van der Waals surface area contributed by atoms with Crippen LogP contribution in [0.2, 0.25) is 0 Å². The molecule has 1 aromatic rings. The Balaban J connectivity index is 2.51. The summed E-state index contributed by atoms with van der Waals surface area (Å²) in [5.41, 5.74) is 1.74. The lowest BCUT2D eigenvalue weighted by Gasteiger charge is -2.03. The topological polar surface area (TPSA) is 34.9 Å². The third-order valence-corrected chi connectivity index (χ3v) is 2.72. The number of aromatic nitrogens is 2. The lowest BCUT2D eigenvalue weighted by molar-refractivity contribution is 0.0977. The normalized spacial score (nSPS) is 11.0. The van der Waals surface area contributed by atoms with E-state index in [0.29, 0.717) is 12.3 Å². The highest BCUT2D eigenvalue weighted by molar-refractivity contribution is 5.96. The molecule has 84 valence electrons. The van der Waals surface area contributed by atoms with Crippen LogP contribution in [-0.2, 0) is 7.05 Å². The van der Waals surface area contributed by atoms with Gasteiger partial charge in [-0.3, -0.25) is 9.48 Å². The Bertz CT molecular complexity index is 339. The minimum Gasteiger partial charge on any atom is -0.294 e. The van der Waals surface area contributed by atoms with Crippen LogP contribution in [0.1, 0.15) is 49.2 Å². The SMILES string of the molecule is Cc1c(C(=O)CCCC(C)C)cnn1C. The number of aryl methyl sites for hydroxylation is 1. The number of rotatable bonds is 5. The molecule has 0 aliphatic heterocycles. The fourth-order valence-corrected chi connectivity index (χ4v) is 1.58. The summed E-state index contributed by atoms with van der Waals surface area (Å²) in [5, 5.41) is 4.08. The molecule has 1 aromatic heterocycles. The maximum atomic E-state index is 11.8. The fraction of sp³-hybridized carbons (Fsp3) is 0.667. The van der Waals surface area contributed by atoms with Crippen molar-refractivity contribution in [2.45, 2.75) is 40.0 Å². The molecule has 3 heteroatoms. The van der Waals surface area contributed by atoms with Crippen molar-refractivity contribution in [1.29, 1.82) is 0 Å². The second-order valence-electron chi connectivity index (χ2n) is 4.48. The van der Waals surface area contributed by atoms with E-state index in [2.05, 4.69) is 18.9 Å². The predicted octanol–water partition coefficient (Wildman–Crippen LogP) is 2.74. The van der Waals surface area contributed by atoms with Crippen LogP contribution in [0.15, 0.2) is 6.20 Å². The van der Waals surface area contributed by atoms with E-state index in [4.69, 9.17) is 0 Å². The van der Waals surface area contributed by atoms with Gasteiger partial charge < -0.3 is 0 Å². The van der Waals surface area contributed by atoms with E-state index < -0.39 is 0 Å². The fourth-order valence-electron chi connectivity index (χ4n) is 1.58. The maximum Gasteiger partial charge on any atom is 0.166 e. The first-order valence-electron chi connectivity index (χ1n) is 5.54. The highest BCUT2D eigenvalue weighted by Crippen LogP contribution is 2.13. The molecule has 0 bridgehead atoms. The molecule has 0 aliphatic rings. The standard InChI is InChI=1S/C12H20N2O/c1-9(2)6-5-7-12(15)11-8-13-14(4)10(11)3/h8-9H,5-7H2,1-4H3. The summed E-state index contributed by atoms with van der Waals surface area (Å²) >= 11 is 0. The van der Waals surface area contributed by atoms with Gasteiger partial charge in [0.2, 0.25) is 0 Å². The molecule has 0 N–H and O–H groups in total. The Morgan fingerprint density at radius 1 is 1.53 bits per heavy atom. The minimum absolute atomic E-state index is 0.223. The van der Waals surface area contributed by atoms with Crippen molar-refractivity contribution in [2.24, 2.45) is 13.0 Å². The lowest BCUT2D eigenvalue weighted by atomic mass is 10.0. The second kappa shape index (κ2) is 5.10. The van der Waals surface area contributed by atoms with Crippen LogP contribution < -0.4 is 0 Å². The smallest absolute Gasteiger partial charge is 0.166 e. The molecule has 0 aromatic carbocycles. The quantitative estimate of drug-likeness (QED) is 0.697. The second-order valence-corrected chi connectivity index (χ2v) is 4.48. The van der Waals surface area contributed by atoms with E-state index in [1.807, 2.05) is 14.0 Å². The van der Waals surface area contributed by atoms with Gasteiger partial charge in [0.05, 0.1) is 11.8 Å². The van der Waals surface area contributed by atoms with Crippen LogP contribution in [0.25, 0.3) is 0 Å². The zero-order chi connectivity index (χ0) is 11.4. The Morgan fingerprint density at radius 3 is 2.67 bits per heavy atom.